The number of hydrogen-bond donors (Lipinski definition) is 0. The molecule has 26 heavy (non-hydrogen) atoms. The van der Waals surface area contributed by atoms with Gasteiger partial charge in [0.1, 0.15) is 0 Å². The third-order valence-electron chi connectivity index (χ3n) is 6.14. The van der Waals surface area contributed by atoms with Crippen LogP contribution in [0.1, 0.15) is 42.5 Å². The Balaban J connectivity index is 1.52. The monoisotopic (exact) mass is 360 g/mol. The van der Waals surface area contributed by atoms with Crippen LogP contribution in [0.15, 0.2) is 18.2 Å². The molecule has 3 aliphatic heterocycles. The lowest BCUT2D eigenvalue weighted by atomic mass is 9.84. The second kappa shape index (κ2) is 6.89. The Morgan fingerprint density at radius 1 is 1.12 bits per heavy atom. The maximum absolute atomic E-state index is 13.7. The van der Waals surface area contributed by atoms with E-state index in [4.69, 9.17) is 4.74 Å². The summed E-state index contributed by atoms with van der Waals surface area (Å²) in [5, 5.41) is 0. The van der Waals surface area contributed by atoms with Gasteiger partial charge in [-0.05, 0) is 49.8 Å². The number of ether oxygens (including phenoxy) is 1. The number of rotatable bonds is 3. The summed E-state index contributed by atoms with van der Waals surface area (Å²) in [5.41, 5.74) is 0.438. The van der Waals surface area contributed by atoms with Crippen LogP contribution in [0, 0.1) is 17.7 Å². The molecule has 6 heteroatoms. The Labute approximate surface area is 153 Å². The van der Waals surface area contributed by atoms with Crippen molar-refractivity contribution in [2.24, 2.45) is 11.8 Å². The zero-order chi connectivity index (χ0) is 18.3. The average Bonchev–Trinajstić information content (AvgIpc) is 2.92. The van der Waals surface area contributed by atoms with Gasteiger partial charge in [0.25, 0.3) is 5.91 Å². The van der Waals surface area contributed by atoms with Crippen LogP contribution in [0.2, 0.25) is 0 Å². The summed E-state index contributed by atoms with van der Waals surface area (Å²) in [7, 11) is 1.39. The molecule has 0 radical (unpaired) electrons. The third-order valence-corrected chi connectivity index (χ3v) is 6.14. The van der Waals surface area contributed by atoms with Crippen LogP contribution < -0.4 is 4.74 Å². The molecule has 1 saturated carbocycles. The van der Waals surface area contributed by atoms with Crippen LogP contribution in [0.25, 0.3) is 0 Å². The highest BCUT2D eigenvalue weighted by atomic mass is 19.1. The molecule has 4 aliphatic rings. The molecular formula is C20H25FN2O3. The molecule has 2 amide bonds. The minimum Gasteiger partial charge on any atom is -0.494 e. The summed E-state index contributed by atoms with van der Waals surface area (Å²) in [6, 6.07) is 4.29. The van der Waals surface area contributed by atoms with E-state index in [0.717, 1.165) is 38.6 Å². The van der Waals surface area contributed by atoms with Crippen LogP contribution in [-0.4, -0.2) is 54.4 Å². The number of piperidine rings is 1. The number of benzene rings is 1. The van der Waals surface area contributed by atoms with Crippen molar-refractivity contribution in [2.45, 2.75) is 38.1 Å². The van der Waals surface area contributed by atoms with Gasteiger partial charge in [-0.25, -0.2) is 4.39 Å². The van der Waals surface area contributed by atoms with Crippen LogP contribution in [0.4, 0.5) is 4.39 Å². The van der Waals surface area contributed by atoms with E-state index in [1.54, 1.807) is 0 Å². The summed E-state index contributed by atoms with van der Waals surface area (Å²) >= 11 is 0. The number of hydrogen-bond acceptors (Lipinski definition) is 3. The molecule has 0 unspecified atom stereocenters. The number of carbonyl (C=O) groups is 2. The Morgan fingerprint density at radius 2 is 1.92 bits per heavy atom. The zero-order valence-corrected chi connectivity index (χ0v) is 15.1. The van der Waals surface area contributed by atoms with Crippen LogP contribution in [0.5, 0.6) is 5.75 Å². The fraction of sp³-hybridized carbons (Fsp3) is 0.600. The largest absolute Gasteiger partial charge is 0.494 e. The van der Waals surface area contributed by atoms with Gasteiger partial charge >= 0.3 is 0 Å². The number of nitrogens with zero attached hydrogens (tertiary/aromatic N) is 2. The van der Waals surface area contributed by atoms with Gasteiger partial charge in [-0.2, -0.15) is 0 Å². The summed E-state index contributed by atoms with van der Waals surface area (Å²) in [6.45, 7) is 2.04. The smallest absolute Gasteiger partial charge is 0.254 e. The molecule has 2 atom stereocenters. The van der Waals surface area contributed by atoms with E-state index >= 15 is 0 Å². The molecule has 0 aromatic heterocycles. The van der Waals surface area contributed by atoms with Crippen LogP contribution >= 0.6 is 0 Å². The van der Waals surface area contributed by atoms with Crippen molar-refractivity contribution >= 4 is 11.8 Å². The third kappa shape index (κ3) is 3.06. The first kappa shape index (κ1) is 17.3. The Morgan fingerprint density at radius 3 is 2.62 bits per heavy atom. The van der Waals surface area contributed by atoms with E-state index in [2.05, 4.69) is 0 Å². The molecule has 3 saturated heterocycles. The molecule has 1 aliphatic carbocycles. The van der Waals surface area contributed by atoms with Crippen LogP contribution in [-0.2, 0) is 4.79 Å². The van der Waals surface area contributed by atoms with Crippen molar-refractivity contribution in [3.63, 3.8) is 0 Å². The maximum atomic E-state index is 13.7. The Hall–Kier alpha value is -2.11. The number of fused-ring (bicyclic) bond motifs is 4. The second-order valence-electron chi connectivity index (χ2n) is 7.78. The first-order chi connectivity index (χ1) is 12.6. The molecule has 140 valence electrons. The molecule has 1 aromatic rings. The van der Waals surface area contributed by atoms with E-state index in [1.165, 1.54) is 25.3 Å². The van der Waals surface area contributed by atoms with E-state index in [1.807, 2.05) is 9.80 Å². The summed E-state index contributed by atoms with van der Waals surface area (Å²) in [5.74, 6) is 0.292. The molecule has 0 N–H and O–H groups in total. The lowest BCUT2D eigenvalue weighted by Gasteiger charge is -2.36. The van der Waals surface area contributed by atoms with Crippen LogP contribution in [0.3, 0.4) is 0 Å². The first-order valence-electron chi connectivity index (χ1n) is 9.50. The van der Waals surface area contributed by atoms with Gasteiger partial charge in [-0.15, -0.1) is 0 Å². The van der Waals surface area contributed by atoms with Gasteiger partial charge in [0.2, 0.25) is 5.91 Å². The number of halogens is 1. The molecule has 5 nitrogen and oxygen atoms in total. The molecule has 4 fully saturated rings. The molecule has 0 spiro atoms. The fourth-order valence-electron chi connectivity index (χ4n) is 4.38. The van der Waals surface area contributed by atoms with E-state index in [-0.39, 0.29) is 29.5 Å². The van der Waals surface area contributed by atoms with Crippen molar-refractivity contribution < 1.29 is 18.7 Å². The standard InChI is InChI=1S/C20H25FN2O3/c1-26-18-9-15(6-8-17(18)21)20(25)23-11-13-5-7-16(23)12-22(10-13)19(24)14-3-2-4-14/h6,8-9,13-14,16H,2-5,7,10-12H2,1H3/t13-,16+/m0/s1. The topological polar surface area (TPSA) is 49.9 Å². The Kier molecular flexibility index (Phi) is 4.59. The number of methoxy groups -OCH3 is 1. The minimum absolute atomic E-state index is 0.0429. The zero-order valence-electron chi connectivity index (χ0n) is 15.1. The van der Waals surface area contributed by atoms with Crippen molar-refractivity contribution in [1.82, 2.24) is 9.80 Å². The summed E-state index contributed by atoms with van der Waals surface area (Å²) in [4.78, 5) is 29.6. The highest BCUT2D eigenvalue weighted by Gasteiger charge is 2.40. The van der Waals surface area contributed by atoms with Gasteiger partial charge in [0.15, 0.2) is 11.6 Å². The lowest BCUT2D eigenvalue weighted by molar-refractivity contribution is -0.138. The molecular weight excluding hydrogens is 335 g/mol. The minimum atomic E-state index is -0.473. The van der Waals surface area contributed by atoms with Gasteiger partial charge in [-0.1, -0.05) is 6.42 Å². The van der Waals surface area contributed by atoms with Crippen molar-refractivity contribution in [1.29, 1.82) is 0 Å². The predicted octanol–water partition coefficient (Wildman–Crippen LogP) is 2.70. The summed E-state index contributed by atoms with van der Waals surface area (Å²) in [6.07, 6.45) is 5.12. The SMILES string of the molecule is COc1cc(C(=O)N2C[C@H]3CC[C@@H]2CN(C(=O)C2CCC2)C3)ccc1F. The second-order valence-corrected chi connectivity index (χ2v) is 7.78. The molecule has 5 rings (SSSR count). The number of amides is 2. The highest BCUT2D eigenvalue weighted by molar-refractivity contribution is 5.95. The van der Waals surface area contributed by atoms with E-state index < -0.39 is 5.82 Å². The van der Waals surface area contributed by atoms with Crippen molar-refractivity contribution in [3.8, 4) is 5.75 Å². The number of carbonyl (C=O) groups excluding carboxylic acids is 2. The van der Waals surface area contributed by atoms with E-state index in [0.29, 0.717) is 24.6 Å². The fourth-order valence-corrected chi connectivity index (χ4v) is 4.38. The van der Waals surface area contributed by atoms with Gasteiger partial charge in [0, 0.05) is 37.2 Å². The highest BCUT2D eigenvalue weighted by Crippen LogP contribution is 2.34. The Bertz CT molecular complexity index is 719. The maximum Gasteiger partial charge on any atom is 0.254 e. The normalized spacial score (nSPS) is 25.6. The van der Waals surface area contributed by atoms with Crippen molar-refractivity contribution in [3.05, 3.63) is 29.6 Å². The molecule has 1 aromatic carbocycles. The van der Waals surface area contributed by atoms with E-state index in [9.17, 15) is 14.0 Å². The van der Waals surface area contributed by atoms with Gasteiger partial charge < -0.3 is 14.5 Å². The summed E-state index contributed by atoms with van der Waals surface area (Å²) < 4.78 is 18.7. The molecule has 2 bridgehead atoms. The van der Waals surface area contributed by atoms with Gasteiger partial charge in [0.05, 0.1) is 7.11 Å². The molecule has 3 heterocycles. The van der Waals surface area contributed by atoms with Crippen molar-refractivity contribution in [2.75, 3.05) is 26.7 Å². The predicted molar refractivity (Wildman–Crippen MR) is 94.4 cm³/mol. The quantitative estimate of drug-likeness (QED) is 0.833. The first-order valence-corrected chi connectivity index (χ1v) is 9.50. The lowest BCUT2D eigenvalue weighted by Crippen LogP contribution is -2.48. The average molecular weight is 360 g/mol. The van der Waals surface area contributed by atoms with Gasteiger partial charge in [-0.3, -0.25) is 9.59 Å².